The van der Waals surface area contributed by atoms with Gasteiger partial charge in [-0.3, -0.25) is 38.8 Å². The van der Waals surface area contributed by atoms with Gasteiger partial charge in [0.2, 0.25) is 0 Å². The van der Waals surface area contributed by atoms with E-state index in [1.54, 1.807) is 18.7 Å². The van der Waals surface area contributed by atoms with Crippen molar-refractivity contribution in [3.05, 3.63) is 92.8 Å². The molecule has 8 aliphatic heterocycles. The van der Waals surface area contributed by atoms with Crippen molar-refractivity contribution in [2.75, 3.05) is 109 Å². The van der Waals surface area contributed by atoms with Crippen molar-refractivity contribution in [1.82, 2.24) is 19.6 Å². The number of fused-ring (bicyclic) bond motifs is 12. The van der Waals surface area contributed by atoms with Crippen LogP contribution in [0.1, 0.15) is 254 Å². The topological polar surface area (TPSA) is 155 Å². The minimum absolute atomic E-state index is 0.00868. The maximum absolute atomic E-state index is 13.7. The quantitative estimate of drug-likeness (QED) is 0.0926. The van der Waals surface area contributed by atoms with E-state index in [1.807, 2.05) is 13.8 Å². The third kappa shape index (κ3) is 16.4. The van der Waals surface area contributed by atoms with E-state index in [9.17, 15) is 19.2 Å². The monoisotopic (exact) mass is 1350 g/mol. The van der Waals surface area contributed by atoms with Gasteiger partial charge < -0.3 is 37.9 Å². The summed E-state index contributed by atoms with van der Waals surface area (Å²) in [5.41, 5.74) is 0.555. The van der Waals surface area contributed by atoms with Crippen LogP contribution in [0.3, 0.4) is 0 Å². The molecule has 0 radical (unpaired) electrons. The number of piperidine rings is 4. The molecule has 0 bridgehead atoms. The summed E-state index contributed by atoms with van der Waals surface area (Å²) in [4.78, 5) is 58.3. The Morgan fingerprint density at radius 2 is 0.819 bits per heavy atom. The second kappa shape index (κ2) is 32.7. The Bertz CT molecular complexity index is 5480. The first-order chi connectivity index (χ1) is 63.8. The van der Waals surface area contributed by atoms with Gasteiger partial charge >= 0.3 is 0 Å². The molecule has 516 valence electrons. The zero-order valence-corrected chi connectivity index (χ0v) is 54.0. The number of methoxy groups -OCH3 is 8. The van der Waals surface area contributed by atoms with Crippen LogP contribution in [-0.4, -0.2) is 152 Å². The molecule has 4 aromatic carbocycles. The molecule has 8 aliphatic rings. The zero-order chi connectivity index (χ0) is 109. The van der Waals surface area contributed by atoms with Crippen LogP contribution in [-0.2, 0) is 44.9 Å². The van der Waals surface area contributed by atoms with Crippen LogP contribution in [0, 0.1) is 47.2 Å². The molecular weight excluding hydrogens is 1180 g/mol. The number of ketones is 4. The molecule has 0 amide bonds. The molecule has 4 aromatic rings. The third-order valence-corrected chi connectivity index (χ3v) is 16.7. The molecule has 0 spiro atoms. The summed E-state index contributed by atoms with van der Waals surface area (Å²) in [6.45, 7) is -7.30. The minimum Gasteiger partial charge on any atom is -0.493 e. The van der Waals surface area contributed by atoms with E-state index in [0.717, 1.165) is 28.9 Å². The van der Waals surface area contributed by atoms with Gasteiger partial charge in [-0.1, -0.05) is 68.0 Å². The number of ether oxygens (including phenoxy) is 8. The van der Waals surface area contributed by atoms with Gasteiger partial charge in [0, 0.05) is 164 Å². The van der Waals surface area contributed by atoms with Crippen molar-refractivity contribution in [3.63, 3.8) is 0 Å². The first kappa shape index (κ1) is 32.0. The van der Waals surface area contributed by atoms with Gasteiger partial charge in [-0.2, -0.15) is 0 Å². The average molecular weight is 1350 g/mol. The summed E-state index contributed by atoms with van der Waals surface area (Å²) >= 11 is 0. The van der Waals surface area contributed by atoms with E-state index in [-0.39, 0.29) is 155 Å². The van der Waals surface area contributed by atoms with Gasteiger partial charge in [-0.25, -0.2) is 0 Å². The van der Waals surface area contributed by atoms with E-state index < -0.39 is 237 Å². The molecule has 4 fully saturated rings. The Balaban J connectivity index is 0.000000212. The Labute approximate surface area is 629 Å². The van der Waals surface area contributed by atoms with Crippen LogP contribution >= 0.6 is 0 Å². The number of Topliss-reactive ketones (excluding diaryl/α,β-unsaturated/α-hetero) is 4. The van der Waals surface area contributed by atoms with Crippen LogP contribution in [0.15, 0.2) is 48.3 Å². The lowest BCUT2D eigenvalue weighted by Gasteiger charge is -2.43. The standard InChI is InChI=1S/2C20H29NO3.2C19H27NO3/c2*1-5-13(2)8-15-12-21-7-6-14-9-19(23-3)20(24-4)10-16(14)17(21)11-18(15)22;2*1-12(2)7-14-11-20-6-5-13-8-18(22-3)19(23-4)9-15(13)16(20)10-17(14)21/h2*9-10,13,15,17H,5-8,11-12H2,1-4H3;2*8-9,12,14,16H,5-7,10-11H2,1-4H3/i2D3,4D3,5D2,8D2,9D,10D,11D2,13D,15D;2D3,4D3,5D2,8D2,9D,10D,12D2,13D;4D3,8D,9D,10D2,11D2,14D;4D3,8D,9D,11D2. The summed E-state index contributed by atoms with van der Waals surface area (Å²) in [5, 5.41) is 0. The smallest absolute Gasteiger partial charge is 0.161 e. The van der Waals surface area contributed by atoms with Gasteiger partial charge in [0.05, 0.1) is 84.0 Å². The highest BCUT2D eigenvalue weighted by molar-refractivity contribution is 5.85. The number of hydrogen-bond acceptors (Lipinski definition) is 16. The molecule has 0 aliphatic carbocycles. The first-order valence-corrected chi connectivity index (χ1v) is 30.5. The molecule has 16 nitrogen and oxygen atoms in total. The van der Waals surface area contributed by atoms with Crippen LogP contribution < -0.4 is 37.9 Å². The molecule has 94 heavy (non-hydrogen) atoms. The zero-order valence-electron chi connectivity index (χ0n) is 102. The molecule has 0 aromatic heterocycles. The van der Waals surface area contributed by atoms with Crippen molar-refractivity contribution in [3.8, 4) is 46.0 Å². The van der Waals surface area contributed by atoms with Gasteiger partial charge in [0.15, 0.2) is 46.0 Å². The second-order valence-corrected chi connectivity index (χ2v) is 23.7. The van der Waals surface area contributed by atoms with E-state index in [1.165, 1.54) is 14.2 Å². The van der Waals surface area contributed by atoms with Gasteiger partial charge in [0.25, 0.3) is 0 Å². The summed E-state index contributed by atoms with van der Waals surface area (Å²) in [7, 11) is -7.26. The fraction of sp³-hybridized carbons (Fsp3) is 0.641. The summed E-state index contributed by atoms with van der Waals surface area (Å²) in [6, 6.07) is -8.66. The molecule has 10 atom stereocenters. The highest BCUT2D eigenvalue weighted by Gasteiger charge is 2.43. The number of rotatable bonds is 18. The third-order valence-electron chi connectivity index (χ3n) is 16.7. The van der Waals surface area contributed by atoms with Crippen LogP contribution in [0.5, 0.6) is 46.0 Å². The van der Waals surface area contributed by atoms with Crippen molar-refractivity contribution < 1.29 is 123 Å². The lowest BCUT2D eigenvalue weighted by atomic mass is 9.79. The summed E-state index contributed by atoms with van der Waals surface area (Å²) in [6.07, 6.45) is -19.8. The molecule has 8 heterocycles. The van der Waals surface area contributed by atoms with Crippen molar-refractivity contribution >= 4 is 23.1 Å². The van der Waals surface area contributed by atoms with Crippen molar-refractivity contribution in [2.45, 2.75) is 169 Å². The molecular formula is C78H112N4O12. The molecule has 12 rings (SSSR count). The predicted octanol–water partition coefficient (Wildman–Crippen LogP) is 13.7. The molecule has 10 unspecified atom stereocenters. The second-order valence-electron chi connectivity index (χ2n) is 23.7. The van der Waals surface area contributed by atoms with E-state index in [2.05, 4.69) is 0 Å². The lowest BCUT2D eigenvalue weighted by Crippen LogP contribution is -2.46. The number of nitrogens with zero attached hydrogens (tertiary/aromatic N) is 4. The summed E-state index contributed by atoms with van der Waals surface area (Å²) < 4.78 is 433. The Kier molecular flexibility index (Phi) is 11.1. The van der Waals surface area contributed by atoms with E-state index >= 15 is 0 Å². The highest BCUT2D eigenvalue weighted by Crippen LogP contribution is 2.48. The molecule has 16 heteroatoms. The van der Waals surface area contributed by atoms with Gasteiger partial charge in [-0.15, -0.1) is 0 Å². The maximum atomic E-state index is 13.7. The fourth-order valence-corrected chi connectivity index (χ4v) is 12.2. The Hall–Kier alpha value is -6.20. The Morgan fingerprint density at radius 1 is 0.468 bits per heavy atom. The van der Waals surface area contributed by atoms with Crippen LogP contribution in [0.4, 0.5) is 0 Å². The summed E-state index contributed by atoms with van der Waals surface area (Å²) in [5.74, 6) is -24.1. The number of carbonyl (C=O) groups is 4. The van der Waals surface area contributed by atoms with Crippen LogP contribution in [0.25, 0.3) is 0 Å². The maximum Gasteiger partial charge on any atom is 0.161 e. The van der Waals surface area contributed by atoms with Crippen molar-refractivity contribution in [1.29, 1.82) is 0 Å². The fourth-order valence-electron chi connectivity index (χ4n) is 12.2. The number of carbonyl (C=O) groups excluding carboxylic acids is 4. The van der Waals surface area contributed by atoms with Crippen LogP contribution in [0.2, 0.25) is 0 Å². The molecule has 0 saturated carbocycles. The lowest BCUT2D eigenvalue weighted by molar-refractivity contribution is -0.130. The highest BCUT2D eigenvalue weighted by atomic mass is 16.5. The predicted molar refractivity (Wildman–Crippen MR) is 370 cm³/mol. The average Bonchev–Trinajstić information content (AvgIpc) is 0.684. The Morgan fingerprint density at radius 3 is 1.21 bits per heavy atom. The van der Waals surface area contributed by atoms with E-state index in [0.29, 0.717) is 38.8 Å². The van der Waals surface area contributed by atoms with Gasteiger partial charge in [-0.05, 0) is 168 Å². The first-order valence-electron chi connectivity index (χ1n) is 54.5. The largest absolute Gasteiger partial charge is 0.493 e. The number of benzene rings is 4. The normalized spacial score (nSPS) is 38.4. The minimum atomic E-state index is -3.78. The SMILES string of the molecule is [2H]c1c2c(c([2H])c(OC([2H])([2H])[2H])c1OC)C1CC(=O)C(C([2H])([2H])C([2H])(C([2H])([2H])[2H])C([2H])([2H])C)C([2H])([2H])N1CC2.[2H]c1c2c(c([2H])c(OC([2H])([2H])[2H])c1OC)C1CC(=O)C(CC(C)C)C([2H])([2H])N1CC2.[2H]c1c2c(c([2H])c(OC([2H])([2H])[2H])c1OC)C1N(CC2)C([2H])([2H])C([2H])(CC(C)C)C(=O)C1([2H])[2H].[2H]c1c2c(c([2H])c(OC([2H])([2H])[2H])c1OC)C1N(CC2)CC([2H])(C([2H])([2H])C([2H])(C([2H])([2H])[2H])C([2H])([2H])C)C(=O)C1([2H])[2H]. The van der Waals surface area contributed by atoms with Gasteiger partial charge in [0.1, 0.15) is 23.1 Å². The molecule has 4 saturated heterocycles. The van der Waals surface area contributed by atoms with E-state index in [4.69, 9.17) is 104 Å². The molecule has 0 N–H and O–H groups in total. The number of hydrogen-bond donors (Lipinski definition) is 0. The van der Waals surface area contributed by atoms with Crippen molar-refractivity contribution in [2.24, 2.45) is 47.2 Å².